The van der Waals surface area contributed by atoms with Crippen LogP contribution in [0, 0.1) is 5.92 Å². The lowest BCUT2D eigenvalue weighted by molar-refractivity contribution is -0.129. The molecule has 2 aliphatic rings. The number of carbonyl (C=O) groups is 3. The standard InChI is InChI=1S/C26H22N2O5/c29-22-14-16(23-7-4-12-32-23)13-21-25(22)20(15-24(30)28-21)26(31)27-17-8-10-19(11-9-17)33-18-5-2-1-3-6-18/h1-12,16,20H,13-15H2,(H,27,31)(H,28,30)/t16-,20-/m1/s1. The third kappa shape index (κ3) is 4.43. The van der Waals surface area contributed by atoms with E-state index in [2.05, 4.69) is 10.6 Å². The quantitative estimate of drug-likeness (QED) is 0.604. The van der Waals surface area contributed by atoms with E-state index in [0.717, 1.165) is 0 Å². The highest BCUT2D eigenvalue weighted by Crippen LogP contribution is 2.39. The van der Waals surface area contributed by atoms with E-state index in [9.17, 15) is 14.4 Å². The van der Waals surface area contributed by atoms with Gasteiger partial charge < -0.3 is 19.8 Å². The molecule has 2 aromatic carbocycles. The first-order valence-corrected chi connectivity index (χ1v) is 10.8. The summed E-state index contributed by atoms with van der Waals surface area (Å²) in [5, 5.41) is 5.64. The summed E-state index contributed by atoms with van der Waals surface area (Å²) in [4.78, 5) is 38.4. The second-order valence-corrected chi connectivity index (χ2v) is 8.17. The molecule has 0 spiro atoms. The van der Waals surface area contributed by atoms with Crippen LogP contribution in [0.15, 0.2) is 88.7 Å². The van der Waals surface area contributed by atoms with Gasteiger partial charge in [-0.3, -0.25) is 14.4 Å². The number of carbonyl (C=O) groups excluding carboxylic acids is 3. The van der Waals surface area contributed by atoms with Crippen LogP contribution in [0.1, 0.15) is 30.9 Å². The number of para-hydroxylation sites is 1. The van der Waals surface area contributed by atoms with Crippen LogP contribution in [0.4, 0.5) is 5.69 Å². The van der Waals surface area contributed by atoms with Crippen molar-refractivity contribution in [3.05, 3.63) is 90.0 Å². The number of benzene rings is 2. The van der Waals surface area contributed by atoms with Gasteiger partial charge in [0.25, 0.3) is 0 Å². The molecule has 0 saturated heterocycles. The highest BCUT2D eigenvalue weighted by atomic mass is 16.5. The Morgan fingerprint density at radius 2 is 1.67 bits per heavy atom. The van der Waals surface area contributed by atoms with Gasteiger partial charge in [0.2, 0.25) is 11.8 Å². The number of furan rings is 1. The Bertz CT molecular complexity index is 1210. The van der Waals surface area contributed by atoms with Gasteiger partial charge in [-0.25, -0.2) is 0 Å². The second kappa shape index (κ2) is 8.78. The minimum atomic E-state index is -0.820. The molecule has 2 heterocycles. The lowest BCUT2D eigenvalue weighted by Crippen LogP contribution is -2.43. The first-order valence-electron chi connectivity index (χ1n) is 10.8. The maximum Gasteiger partial charge on any atom is 0.232 e. The zero-order chi connectivity index (χ0) is 22.8. The van der Waals surface area contributed by atoms with Crippen LogP contribution in [0.3, 0.4) is 0 Å². The average Bonchev–Trinajstić information content (AvgIpc) is 3.35. The molecule has 7 heteroatoms. The number of hydrogen-bond acceptors (Lipinski definition) is 5. The summed E-state index contributed by atoms with van der Waals surface area (Å²) in [5.41, 5.74) is 1.49. The fourth-order valence-electron chi connectivity index (χ4n) is 4.37. The summed E-state index contributed by atoms with van der Waals surface area (Å²) in [6.07, 6.45) is 2.21. The SMILES string of the molecule is O=C1C[C@@H](C(=O)Nc2ccc(Oc3ccccc3)cc2)C2=C(C[C@@H](c3ccco3)CC2=O)N1. The summed E-state index contributed by atoms with van der Waals surface area (Å²) >= 11 is 0. The molecule has 0 radical (unpaired) electrons. The van der Waals surface area contributed by atoms with Gasteiger partial charge in [-0.1, -0.05) is 18.2 Å². The third-order valence-electron chi connectivity index (χ3n) is 5.90. The van der Waals surface area contributed by atoms with Gasteiger partial charge in [0.1, 0.15) is 17.3 Å². The van der Waals surface area contributed by atoms with Gasteiger partial charge in [-0.15, -0.1) is 0 Å². The summed E-state index contributed by atoms with van der Waals surface area (Å²) < 4.78 is 11.2. The number of ketones is 1. The van der Waals surface area contributed by atoms with Crippen molar-refractivity contribution in [3.63, 3.8) is 0 Å². The van der Waals surface area contributed by atoms with Crippen molar-refractivity contribution in [1.82, 2.24) is 5.32 Å². The molecule has 1 aromatic heterocycles. The fourth-order valence-corrected chi connectivity index (χ4v) is 4.37. The van der Waals surface area contributed by atoms with Gasteiger partial charge in [0.05, 0.1) is 12.2 Å². The third-order valence-corrected chi connectivity index (χ3v) is 5.90. The van der Waals surface area contributed by atoms with E-state index in [0.29, 0.717) is 40.6 Å². The van der Waals surface area contributed by atoms with Crippen LogP contribution >= 0.6 is 0 Å². The predicted octanol–water partition coefficient (Wildman–Crippen LogP) is 4.55. The molecule has 0 fully saturated rings. The van der Waals surface area contributed by atoms with Gasteiger partial charge in [-0.2, -0.15) is 0 Å². The average molecular weight is 442 g/mol. The monoisotopic (exact) mass is 442 g/mol. The van der Waals surface area contributed by atoms with Gasteiger partial charge in [0, 0.05) is 35.7 Å². The molecule has 5 rings (SSSR count). The second-order valence-electron chi connectivity index (χ2n) is 8.17. The molecule has 0 bridgehead atoms. The predicted molar refractivity (Wildman–Crippen MR) is 121 cm³/mol. The van der Waals surface area contributed by atoms with Crippen LogP contribution in [0.5, 0.6) is 11.5 Å². The van der Waals surface area contributed by atoms with Gasteiger partial charge in [-0.05, 0) is 55.0 Å². The molecule has 2 atom stereocenters. The van der Waals surface area contributed by atoms with Crippen molar-refractivity contribution in [2.75, 3.05) is 5.32 Å². The number of rotatable bonds is 5. The van der Waals surface area contributed by atoms with Crippen LogP contribution in [0.25, 0.3) is 0 Å². The number of anilines is 1. The molecular weight excluding hydrogens is 420 g/mol. The van der Waals surface area contributed by atoms with Crippen LogP contribution < -0.4 is 15.4 Å². The Balaban J connectivity index is 1.31. The first-order chi connectivity index (χ1) is 16.1. The number of nitrogens with one attached hydrogen (secondary N) is 2. The number of allylic oxidation sites excluding steroid dienone is 1. The maximum absolute atomic E-state index is 13.1. The minimum absolute atomic E-state index is 0.0585. The minimum Gasteiger partial charge on any atom is -0.469 e. The van der Waals surface area contributed by atoms with Gasteiger partial charge >= 0.3 is 0 Å². The van der Waals surface area contributed by atoms with Crippen LogP contribution in [0.2, 0.25) is 0 Å². The fraction of sp³-hybridized carbons (Fsp3) is 0.192. The van der Waals surface area contributed by atoms with Gasteiger partial charge in [0.15, 0.2) is 5.78 Å². The van der Waals surface area contributed by atoms with Crippen molar-refractivity contribution < 1.29 is 23.5 Å². The molecule has 3 aromatic rings. The topological polar surface area (TPSA) is 97.6 Å². The highest BCUT2D eigenvalue weighted by molar-refractivity contribution is 6.09. The van der Waals surface area contributed by atoms with Crippen molar-refractivity contribution in [2.45, 2.75) is 25.2 Å². The van der Waals surface area contributed by atoms with E-state index in [4.69, 9.17) is 9.15 Å². The molecule has 2 N–H and O–H groups in total. The van der Waals surface area contributed by atoms with E-state index in [1.165, 1.54) is 0 Å². The van der Waals surface area contributed by atoms with Crippen LogP contribution in [-0.2, 0) is 14.4 Å². The Morgan fingerprint density at radius 1 is 0.909 bits per heavy atom. The summed E-state index contributed by atoms with van der Waals surface area (Å²) in [6.45, 7) is 0. The molecule has 33 heavy (non-hydrogen) atoms. The Kier molecular flexibility index (Phi) is 5.52. The summed E-state index contributed by atoms with van der Waals surface area (Å²) in [7, 11) is 0. The molecule has 0 saturated carbocycles. The van der Waals surface area contributed by atoms with Crippen molar-refractivity contribution >= 4 is 23.3 Å². The van der Waals surface area contributed by atoms with Crippen molar-refractivity contribution in [1.29, 1.82) is 0 Å². The molecule has 0 unspecified atom stereocenters. The lowest BCUT2D eigenvalue weighted by atomic mass is 9.76. The number of ether oxygens (including phenoxy) is 1. The smallest absolute Gasteiger partial charge is 0.232 e. The Morgan fingerprint density at radius 3 is 2.39 bits per heavy atom. The largest absolute Gasteiger partial charge is 0.469 e. The molecule has 166 valence electrons. The molecule has 2 amide bonds. The summed E-state index contributed by atoms with van der Waals surface area (Å²) in [5.74, 6) is 0.299. The molecule has 1 aliphatic heterocycles. The van der Waals surface area contributed by atoms with Crippen molar-refractivity contribution in [2.24, 2.45) is 5.92 Å². The van der Waals surface area contributed by atoms with E-state index in [1.54, 1.807) is 36.6 Å². The van der Waals surface area contributed by atoms with E-state index < -0.39 is 5.92 Å². The van der Waals surface area contributed by atoms with E-state index in [-0.39, 0.29) is 36.4 Å². The molecule has 1 aliphatic carbocycles. The number of Topliss-reactive ketones (excluding diaryl/α,β-unsaturated/α-hetero) is 1. The van der Waals surface area contributed by atoms with Crippen molar-refractivity contribution in [3.8, 4) is 11.5 Å². The van der Waals surface area contributed by atoms with E-state index in [1.807, 2.05) is 36.4 Å². The maximum atomic E-state index is 13.1. The highest BCUT2D eigenvalue weighted by Gasteiger charge is 2.41. The normalized spacial score (nSPS) is 20.1. The number of amides is 2. The molecule has 7 nitrogen and oxygen atoms in total. The Labute approximate surface area is 190 Å². The number of hydrogen-bond donors (Lipinski definition) is 2. The Hall–Kier alpha value is -4.13. The van der Waals surface area contributed by atoms with E-state index >= 15 is 0 Å². The molecular formula is C26H22N2O5. The zero-order valence-electron chi connectivity index (χ0n) is 17.7. The first kappa shape index (κ1) is 20.8. The summed E-state index contributed by atoms with van der Waals surface area (Å²) in [6, 6.07) is 19.9. The van der Waals surface area contributed by atoms with Crippen LogP contribution in [-0.4, -0.2) is 17.6 Å². The lowest BCUT2D eigenvalue weighted by Gasteiger charge is -2.32. The zero-order valence-corrected chi connectivity index (χ0v) is 17.7.